The molecule has 2 heterocycles. The largest absolute Gasteiger partial charge is 0.374 e. The fraction of sp³-hybridized carbons (Fsp3) is 0.929. The quantitative estimate of drug-likeness (QED) is 0.514. The number of aliphatic hydroxyl groups excluding tert-OH is 1. The highest BCUT2D eigenvalue weighted by molar-refractivity contribution is 5.51. The van der Waals surface area contributed by atoms with Gasteiger partial charge in [-0.1, -0.05) is 19.3 Å². The molecule has 6 heteroatoms. The van der Waals surface area contributed by atoms with Gasteiger partial charge >= 0.3 is 0 Å². The molecule has 2 fully saturated rings. The van der Waals surface area contributed by atoms with E-state index in [4.69, 9.17) is 0 Å². The lowest BCUT2D eigenvalue weighted by molar-refractivity contribution is -0.545. The highest BCUT2D eigenvalue weighted by atomic mass is 16.3. The molecule has 1 saturated heterocycles. The van der Waals surface area contributed by atoms with Gasteiger partial charge in [-0.2, -0.15) is 0 Å². The average Bonchev–Trinajstić information content (AvgIpc) is 2.82. The lowest BCUT2D eigenvalue weighted by Gasteiger charge is -2.41. The summed E-state index contributed by atoms with van der Waals surface area (Å²) in [7, 11) is 4.12. The summed E-state index contributed by atoms with van der Waals surface area (Å²) in [6.45, 7) is 1.09. The topological polar surface area (TPSA) is 62.6 Å². The van der Waals surface area contributed by atoms with E-state index in [1.165, 1.54) is 32.1 Å². The Morgan fingerprint density at radius 2 is 2.00 bits per heavy atom. The highest BCUT2D eigenvalue weighted by Gasteiger charge is 2.45. The van der Waals surface area contributed by atoms with Crippen LogP contribution in [0.4, 0.5) is 0 Å². The maximum atomic E-state index is 10.3. The minimum Gasteiger partial charge on any atom is -0.374 e. The Kier molecular flexibility index (Phi) is 4.26. The van der Waals surface area contributed by atoms with Gasteiger partial charge < -0.3 is 5.11 Å². The lowest BCUT2D eigenvalue weighted by atomic mass is 9.89. The summed E-state index contributed by atoms with van der Waals surface area (Å²) in [6, 6.07) is 0.0503. The van der Waals surface area contributed by atoms with Crippen LogP contribution >= 0.6 is 0 Å². The summed E-state index contributed by atoms with van der Waals surface area (Å²) in [4.78, 5) is 2.30. The molecular weight excluding hydrogens is 254 g/mol. The Bertz CT molecular complexity index is 369. The number of nitrogens with one attached hydrogen (secondary N) is 3. The first-order valence-electron chi connectivity index (χ1n) is 7.87. The molecule has 6 nitrogen and oxygen atoms in total. The molecule has 0 spiro atoms. The summed E-state index contributed by atoms with van der Waals surface area (Å²) in [5.41, 5.74) is 0. The van der Waals surface area contributed by atoms with Crippen molar-refractivity contribution in [3.63, 3.8) is 0 Å². The lowest BCUT2D eigenvalue weighted by Crippen LogP contribution is -2.72. The molecule has 3 aliphatic rings. The van der Waals surface area contributed by atoms with Gasteiger partial charge in [0.15, 0.2) is 18.4 Å². The molecule has 20 heavy (non-hydrogen) atoms. The minimum absolute atomic E-state index is 0.0283. The van der Waals surface area contributed by atoms with E-state index < -0.39 is 6.23 Å². The van der Waals surface area contributed by atoms with Gasteiger partial charge in [-0.3, -0.25) is 20.1 Å². The molecule has 0 aromatic carbocycles. The van der Waals surface area contributed by atoms with Crippen LogP contribution in [-0.4, -0.2) is 66.3 Å². The molecule has 4 N–H and O–H groups in total. The van der Waals surface area contributed by atoms with Crippen molar-refractivity contribution in [3.8, 4) is 0 Å². The fourth-order valence-corrected chi connectivity index (χ4v) is 3.78. The zero-order valence-corrected chi connectivity index (χ0v) is 12.5. The van der Waals surface area contributed by atoms with Gasteiger partial charge in [0, 0.05) is 6.54 Å². The molecule has 0 aromatic heterocycles. The highest BCUT2D eigenvalue weighted by Crippen LogP contribution is 2.24. The number of hydrogen-bond donors (Lipinski definition) is 4. The molecule has 3 rings (SSSR count). The van der Waals surface area contributed by atoms with E-state index in [0.29, 0.717) is 0 Å². The molecule has 0 radical (unpaired) electrons. The molecular formula is C14H28N5O+. The van der Waals surface area contributed by atoms with E-state index in [0.717, 1.165) is 12.5 Å². The smallest absolute Gasteiger partial charge is 0.233 e. The average molecular weight is 282 g/mol. The first-order valence-corrected chi connectivity index (χ1v) is 7.87. The minimum atomic E-state index is -0.517. The summed E-state index contributed by atoms with van der Waals surface area (Å²) in [5.74, 6) is 0.804. The third kappa shape index (κ3) is 2.83. The van der Waals surface area contributed by atoms with Crippen LogP contribution in [0.2, 0.25) is 0 Å². The predicted octanol–water partition coefficient (Wildman–Crippen LogP) is -0.738. The van der Waals surface area contributed by atoms with E-state index in [1.54, 1.807) is 0 Å². The number of fused-ring (bicyclic) bond motifs is 1. The number of aliphatic hydroxyl groups is 1. The number of likely N-dealkylation sites (N-methyl/N-ethyl adjacent to an activating group) is 1. The van der Waals surface area contributed by atoms with E-state index in [2.05, 4.69) is 27.9 Å². The monoisotopic (exact) mass is 282 g/mol. The molecule has 1 saturated carbocycles. The number of nitrogens with zero attached hydrogens (tertiary/aromatic N) is 2. The van der Waals surface area contributed by atoms with Crippen molar-refractivity contribution in [2.24, 2.45) is 5.92 Å². The van der Waals surface area contributed by atoms with Crippen molar-refractivity contribution in [2.45, 2.75) is 56.8 Å². The van der Waals surface area contributed by atoms with Crippen molar-refractivity contribution in [1.29, 1.82) is 0 Å². The van der Waals surface area contributed by atoms with Gasteiger partial charge in [0.2, 0.25) is 6.34 Å². The summed E-state index contributed by atoms with van der Waals surface area (Å²) in [6.07, 6.45) is 8.39. The SMILES string of the molecule is CN(CC1CCCCC1)C1NC(O)C2C(NC=[N+]2C)N1. The normalized spacial score (nSPS) is 38.5. The first kappa shape index (κ1) is 14.3. The van der Waals surface area contributed by atoms with Gasteiger partial charge in [-0.25, -0.2) is 5.32 Å². The Labute approximate surface area is 121 Å². The van der Waals surface area contributed by atoms with Gasteiger partial charge in [-0.15, -0.1) is 0 Å². The van der Waals surface area contributed by atoms with Crippen LogP contribution in [0.1, 0.15) is 32.1 Å². The van der Waals surface area contributed by atoms with E-state index in [1.807, 2.05) is 18.0 Å². The second-order valence-corrected chi connectivity index (χ2v) is 6.55. The second-order valence-electron chi connectivity index (χ2n) is 6.55. The van der Waals surface area contributed by atoms with Crippen molar-refractivity contribution in [2.75, 3.05) is 20.6 Å². The van der Waals surface area contributed by atoms with Crippen LogP contribution in [0.3, 0.4) is 0 Å². The van der Waals surface area contributed by atoms with Crippen LogP contribution in [0.25, 0.3) is 0 Å². The van der Waals surface area contributed by atoms with Crippen LogP contribution in [0.15, 0.2) is 0 Å². The maximum Gasteiger partial charge on any atom is 0.233 e. The molecule has 1 aliphatic carbocycles. The summed E-state index contributed by atoms with van der Waals surface area (Å²) in [5, 5.41) is 20.4. The Morgan fingerprint density at radius 1 is 1.25 bits per heavy atom. The van der Waals surface area contributed by atoms with Crippen molar-refractivity contribution in [1.82, 2.24) is 20.9 Å². The molecule has 2 aliphatic heterocycles. The molecule has 0 aromatic rings. The van der Waals surface area contributed by atoms with Gasteiger partial charge in [-0.05, 0) is 25.8 Å². The zero-order chi connectivity index (χ0) is 14.1. The van der Waals surface area contributed by atoms with Crippen molar-refractivity contribution < 1.29 is 9.68 Å². The van der Waals surface area contributed by atoms with Crippen LogP contribution in [0.5, 0.6) is 0 Å². The van der Waals surface area contributed by atoms with E-state index in [-0.39, 0.29) is 18.5 Å². The van der Waals surface area contributed by atoms with Crippen molar-refractivity contribution in [3.05, 3.63) is 0 Å². The molecule has 4 unspecified atom stereocenters. The molecule has 0 bridgehead atoms. The van der Waals surface area contributed by atoms with Crippen LogP contribution in [-0.2, 0) is 0 Å². The summed E-state index contributed by atoms with van der Waals surface area (Å²) >= 11 is 0. The number of hydrogen-bond acceptors (Lipinski definition) is 5. The standard InChI is InChI=1S/C14H27N5O/c1-18(8-10-6-4-3-5-7-10)14-16-12-11(13(20)17-14)19(2)9-15-12/h9-14,16-17,20H,3-8H2,1-2H3/p+1. The zero-order valence-electron chi connectivity index (χ0n) is 12.5. The predicted molar refractivity (Wildman–Crippen MR) is 78.2 cm³/mol. The van der Waals surface area contributed by atoms with Crippen molar-refractivity contribution >= 4 is 6.34 Å². The molecule has 0 amide bonds. The Morgan fingerprint density at radius 3 is 2.75 bits per heavy atom. The van der Waals surface area contributed by atoms with Crippen LogP contribution < -0.4 is 16.0 Å². The van der Waals surface area contributed by atoms with Gasteiger partial charge in [0.1, 0.15) is 6.29 Å². The summed E-state index contributed by atoms with van der Waals surface area (Å²) < 4.78 is 2.02. The molecule has 4 atom stereocenters. The fourth-order valence-electron chi connectivity index (χ4n) is 3.78. The van der Waals surface area contributed by atoms with E-state index >= 15 is 0 Å². The second kappa shape index (κ2) is 5.97. The van der Waals surface area contributed by atoms with Gasteiger partial charge in [0.05, 0.1) is 7.05 Å². The molecule has 114 valence electrons. The Balaban J connectivity index is 1.55. The third-order valence-electron chi connectivity index (χ3n) is 4.97. The van der Waals surface area contributed by atoms with E-state index in [9.17, 15) is 5.11 Å². The first-order chi connectivity index (χ1) is 9.65. The number of rotatable bonds is 3. The van der Waals surface area contributed by atoms with Crippen LogP contribution in [0, 0.1) is 5.92 Å². The maximum absolute atomic E-state index is 10.3. The van der Waals surface area contributed by atoms with Gasteiger partial charge in [0.25, 0.3) is 0 Å². The third-order valence-corrected chi connectivity index (χ3v) is 4.97. The Hall–Kier alpha value is -0.690.